The predicted octanol–water partition coefficient (Wildman–Crippen LogP) is 6.34. The van der Waals surface area contributed by atoms with E-state index < -0.39 is 17.3 Å². The van der Waals surface area contributed by atoms with E-state index in [1.165, 1.54) is 18.7 Å². The van der Waals surface area contributed by atoms with Crippen LogP contribution in [0.3, 0.4) is 0 Å². The lowest BCUT2D eigenvalue weighted by Gasteiger charge is -2.27. The van der Waals surface area contributed by atoms with E-state index in [1.54, 1.807) is 12.0 Å². The van der Waals surface area contributed by atoms with Gasteiger partial charge < -0.3 is 19.7 Å². The number of para-hydroxylation sites is 1. The number of halogens is 2. The van der Waals surface area contributed by atoms with E-state index in [4.69, 9.17) is 32.7 Å². The van der Waals surface area contributed by atoms with Crippen LogP contribution in [-0.2, 0) is 20.7 Å². The van der Waals surface area contributed by atoms with Crippen molar-refractivity contribution < 1.29 is 19.1 Å². The van der Waals surface area contributed by atoms with Gasteiger partial charge in [0.2, 0.25) is 0 Å². The molecule has 1 aliphatic rings. The summed E-state index contributed by atoms with van der Waals surface area (Å²) in [5.41, 5.74) is 2.82. The van der Waals surface area contributed by atoms with E-state index in [9.17, 15) is 9.59 Å². The van der Waals surface area contributed by atoms with Crippen molar-refractivity contribution in [1.82, 2.24) is 5.32 Å². The van der Waals surface area contributed by atoms with Gasteiger partial charge in [-0.05, 0) is 66.9 Å². The van der Waals surface area contributed by atoms with E-state index in [1.807, 2.05) is 66.7 Å². The van der Waals surface area contributed by atoms with Crippen LogP contribution in [0.25, 0.3) is 0 Å². The first-order valence-electron chi connectivity index (χ1n) is 12.4. The highest BCUT2D eigenvalue weighted by molar-refractivity contribution is 7.99. The lowest BCUT2D eigenvalue weighted by molar-refractivity contribution is -0.152. The zero-order valence-electron chi connectivity index (χ0n) is 21.3. The molecule has 2 unspecified atom stereocenters. The Hall–Kier alpha value is -2.71. The number of nitrogens with zero attached hydrogens (tertiary/aromatic N) is 1. The fourth-order valence-corrected chi connectivity index (χ4v) is 6.01. The Bertz CT molecular complexity index is 1270. The van der Waals surface area contributed by atoms with Gasteiger partial charge in [0.1, 0.15) is 5.75 Å². The molecule has 3 aromatic carbocycles. The molecule has 0 saturated carbocycles. The van der Waals surface area contributed by atoms with Gasteiger partial charge in [0, 0.05) is 24.9 Å². The fraction of sp³-hybridized carbons (Fsp3) is 0.310. The third-order valence-corrected chi connectivity index (χ3v) is 8.36. The zero-order chi connectivity index (χ0) is 27.1. The van der Waals surface area contributed by atoms with Gasteiger partial charge in [-0.3, -0.25) is 9.59 Å². The number of fused-ring (bicyclic) bond motifs is 1. The van der Waals surface area contributed by atoms with Crippen molar-refractivity contribution in [2.45, 2.75) is 36.0 Å². The molecule has 0 aliphatic carbocycles. The summed E-state index contributed by atoms with van der Waals surface area (Å²) >= 11 is 13.6. The molecule has 1 amide bonds. The normalized spacial score (nSPS) is 17.1. The molecule has 9 heteroatoms. The van der Waals surface area contributed by atoms with Crippen molar-refractivity contribution >= 4 is 52.5 Å². The third-order valence-electron chi connectivity index (χ3n) is 6.25. The molecule has 0 aromatic heterocycles. The van der Waals surface area contributed by atoms with E-state index in [-0.39, 0.29) is 5.91 Å². The Kier molecular flexibility index (Phi) is 9.97. The van der Waals surface area contributed by atoms with Crippen LogP contribution in [0.15, 0.2) is 71.6 Å². The zero-order valence-corrected chi connectivity index (χ0v) is 23.6. The summed E-state index contributed by atoms with van der Waals surface area (Å²) in [7, 11) is 1.61. The molecule has 0 saturated heterocycles. The first-order chi connectivity index (χ1) is 18.4. The van der Waals surface area contributed by atoms with E-state index >= 15 is 0 Å². The predicted molar refractivity (Wildman–Crippen MR) is 154 cm³/mol. The molecule has 0 fully saturated rings. The van der Waals surface area contributed by atoms with Crippen molar-refractivity contribution in [3.8, 4) is 5.75 Å². The second-order valence-electron chi connectivity index (χ2n) is 8.90. The van der Waals surface area contributed by atoms with E-state index in [0.717, 1.165) is 46.8 Å². The van der Waals surface area contributed by atoms with E-state index in [2.05, 4.69) is 5.32 Å². The average Bonchev–Trinajstić information content (AvgIpc) is 3.02. The molecule has 0 spiro atoms. The second-order valence-corrected chi connectivity index (χ2v) is 10.9. The number of carbonyl (C=O) groups is 2. The van der Waals surface area contributed by atoms with Gasteiger partial charge in [0.05, 0.1) is 28.1 Å². The van der Waals surface area contributed by atoms with Crippen LogP contribution >= 0.6 is 35.0 Å². The number of anilines is 1. The van der Waals surface area contributed by atoms with Crippen LogP contribution in [0.1, 0.15) is 29.7 Å². The number of esters is 1. The molecule has 2 atom stereocenters. The summed E-state index contributed by atoms with van der Waals surface area (Å²) in [6, 6.07) is 21.0. The fourth-order valence-electron chi connectivity index (χ4n) is 4.37. The van der Waals surface area contributed by atoms with Crippen molar-refractivity contribution in [3.63, 3.8) is 0 Å². The summed E-state index contributed by atoms with van der Waals surface area (Å²) in [5, 5.41) is 4.14. The second kappa shape index (κ2) is 13.4. The Morgan fingerprint density at radius 2 is 1.79 bits per heavy atom. The van der Waals surface area contributed by atoms with Crippen molar-refractivity contribution in [2.75, 3.05) is 31.6 Å². The summed E-state index contributed by atoms with van der Waals surface area (Å²) in [6.45, 7) is 3.14. The molecule has 4 rings (SSSR count). The molecule has 0 bridgehead atoms. The quantitative estimate of drug-likeness (QED) is 0.226. The van der Waals surface area contributed by atoms with Crippen LogP contribution in [0.5, 0.6) is 5.75 Å². The van der Waals surface area contributed by atoms with Crippen molar-refractivity contribution in [3.05, 3.63) is 87.9 Å². The van der Waals surface area contributed by atoms with Crippen LogP contribution in [0.4, 0.5) is 5.69 Å². The maximum absolute atomic E-state index is 13.9. The van der Waals surface area contributed by atoms with Gasteiger partial charge in [0.15, 0.2) is 6.10 Å². The third kappa shape index (κ3) is 7.03. The van der Waals surface area contributed by atoms with Crippen LogP contribution in [0.2, 0.25) is 10.0 Å². The van der Waals surface area contributed by atoms with Gasteiger partial charge in [-0.1, -0.05) is 53.5 Å². The lowest BCUT2D eigenvalue weighted by Crippen LogP contribution is -2.45. The minimum atomic E-state index is -0.965. The molecule has 6 nitrogen and oxygen atoms in total. The maximum Gasteiger partial charge on any atom is 0.303 e. The number of hydrogen-bond acceptors (Lipinski definition) is 6. The first-order valence-corrected chi connectivity index (χ1v) is 14.0. The van der Waals surface area contributed by atoms with Gasteiger partial charge in [-0.15, -0.1) is 11.8 Å². The van der Waals surface area contributed by atoms with Crippen molar-refractivity contribution in [1.29, 1.82) is 0 Å². The summed E-state index contributed by atoms with van der Waals surface area (Å²) < 4.78 is 10.9. The number of ether oxygens (including phenoxy) is 2. The number of benzene rings is 3. The van der Waals surface area contributed by atoms with Gasteiger partial charge >= 0.3 is 5.97 Å². The monoisotopic (exact) mass is 572 g/mol. The summed E-state index contributed by atoms with van der Waals surface area (Å²) in [6.07, 6.45) is 0.811. The Morgan fingerprint density at radius 3 is 2.50 bits per heavy atom. The summed E-state index contributed by atoms with van der Waals surface area (Å²) in [5.74, 6) is -0.0140. The molecule has 1 N–H and O–H groups in total. The molecule has 3 aromatic rings. The highest BCUT2D eigenvalue weighted by atomic mass is 35.5. The number of nitrogens with one attached hydrogen (secondary N) is 1. The number of rotatable bonds is 10. The molecule has 200 valence electrons. The SMILES string of the molecule is COc1ccc(C2Sc3ccccc3N(CCNCCCc3ccc(Cl)c(Cl)c3)C(=O)C2OC(C)=O)cc1. The van der Waals surface area contributed by atoms with Crippen LogP contribution in [-0.4, -0.2) is 44.7 Å². The van der Waals surface area contributed by atoms with E-state index in [0.29, 0.717) is 23.1 Å². The van der Waals surface area contributed by atoms with Crippen LogP contribution in [0, 0.1) is 0 Å². The van der Waals surface area contributed by atoms with Gasteiger partial charge in [-0.25, -0.2) is 0 Å². The number of hydrogen-bond donors (Lipinski definition) is 1. The molecular weight excluding hydrogens is 543 g/mol. The molecule has 38 heavy (non-hydrogen) atoms. The number of amides is 1. The lowest BCUT2D eigenvalue weighted by atomic mass is 10.1. The minimum absolute atomic E-state index is 0.240. The highest BCUT2D eigenvalue weighted by Gasteiger charge is 2.40. The minimum Gasteiger partial charge on any atom is -0.497 e. The molecule has 1 heterocycles. The summed E-state index contributed by atoms with van der Waals surface area (Å²) in [4.78, 5) is 28.6. The largest absolute Gasteiger partial charge is 0.497 e. The number of methoxy groups -OCH3 is 1. The number of thioether (sulfide) groups is 1. The Labute approximate surface area is 237 Å². The Balaban J connectivity index is 1.46. The molecular formula is C29H30Cl2N2O4S. The average molecular weight is 574 g/mol. The Morgan fingerprint density at radius 1 is 1.03 bits per heavy atom. The van der Waals surface area contributed by atoms with Gasteiger partial charge in [-0.2, -0.15) is 0 Å². The standard InChI is InChI=1S/C29H30Cl2N2O4S/c1-19(34)37-27-28(21-10-12-22(36-2)13-11-21)38-26-8-4-3-7-25(26)33(29(27)35)17-16-32-15-5-6-20-9-14-23(30)24(31)18-20/h3-4,7-14,18,27-28,32H,5-6,15-17H2,1-2H3. The number of carbonyl (C=O) groups excluding carboxylic acids is 2. The smallest absolute Gasteiger partial charge is 0.303 e. The topological polar surface area (TPSA) is 67.9 Å². The van der Waals surface area contributed by atoms with Crippen LogP contribution < -0.4 is 15.0 Å². The molecule has 0 radical (unpaired) electrons. The van der Waals surface area contributed by atoms with Gasteiger partial charge in [0.25, 0.3) is 5.91 Å². The van der Waals surface area contributed by atoms with Crippen molar-refractivity contribution in [2.24, 2.45) is 0 Å². The maximum atomic E-state index is 13.9. The molecule has 1 aliphatic heterocycles. The number of aryl methyl sites for hydroxylation is 1. The first kappa shape index (κ1) is 28.3. The highest BCUT2D eigenvalue weighted by Crippen LogP contribution is 2.46.